The lowest BCUT2D eigenvalue weighted by Crippen LogP contribution is -2.08. The third-order valence-electron chi connectivity index (χ3n) is 2.98. The van der Waals surface area contributed by atoms with Gasteiger partial charge < -0.3 is 5.11 Å². The van der Waals surface area contributed by atoms with E-state index in [0.29, 0.717) is 0 Å². The van der Waals surface area contributed by atoms with Crippen LogP contribution >= 0.6 is 11.6 Å². The van der Waals surface area contributed by atoms with Gasteiger partial charge in [-0.05, 0) is 42.9 Å². The molecule has 0 saturated heterocycles. The monoisotopic (exact) mass is 224 g/mol. The Balaban J connectivity index is 1.74. The maximum atomic E-state index is 9.75. The molecule has 1 nitrogen and oxygen atoms in total. The van der Waals surface area contributed by atoms with Crippen molar-refractivity contribution in [3.05, 3.63) is 34.9 Å². The van der Waals surface area contributed by atoms with Gasteiger partial charge in [0.1, 0.15) is 0 Å². The van der Waals surface area contributed by atoms with Crippen LogP contribution in [-0.2, 0) is 6.42 Å². The first-order valence-corrected chi connectivity index (χ1v) is 6.04. The van der Waals surface area contributed by atoms with Crippen molar-refractivity contribution < 1.29 is 5.11 Å². The van der Waals surface area contributed by atoms with Crippen LogP contribution in [0.4, 0.5) is 0 Å². The standard InChI is InChI=1S/C13H17ClO/c14-12-6-3-10(4-7-12)5-8-13(15)9-11-1-2-11/h3-4,6-7,11,13,15H,1-2,5,8-9H2. The first kappa shape index (κ1) is 11.0. The Morgan fingerprint density at radius 1 is 1.27 bits per heavy atom. The molecule has 1 aliphatic rings. The molecule has 0 radical (unpaired) electrons. The van der Waals surface area contributed by atoms with E-state index in [9.17, 15) is 5.11 Å². The number of hydrogen-bond acceptors (Lipinski definition) is 1. The quantitative estimate of drug-likeness (QED) is 0.813. The van der Waals surface area contributed by atoms with Gasteiger partial charge in [0.05, 0.1) is 6.10 Å². The van der Waals surface area contributed by atoms with Crippen LogP contribution in [0.15, 0.2) is 24.3 Å². The fourth-order valence-corrected chi connectivity index (χ4v) is 1.97. The molecular formula is C13H17ClO. The molecule has 1 unspecified atom stereocenters. The SMILES string of the molecule is OC(CCc1ccc(Cl)cc1)CC1CC1. The molecule has 15 heavy (non-hydrogen) atoms. The van der Waals surface area contributed by atoms with E-state index in [1.165, 1.54) is 18.4 Å². The summed E-state index contributed by atoms with van der Waals surface area (Å²) in [6, 6.07) is 7.88. The van der Waals surface area contributed by atoms with Gasteiger partial charge in [0.2, 0.25) is 0 Å². The van der Waals surface area contributed by atoms with Gasteiger partial charge >= 0.3 is 0 Å². The second-order valence-corrected chi connectivity index (χ2v) is 4.93. The highest BCUT2D eigenvalue weighted by Crippen LogP contribution is 2.34. The average Bonchev–Trinajstić information content (AvgIpc) is 3.01. The molecule has 1 aliphatic carbocycles. The predicted molar refractivity (Wildman–Crippen MR) is 63.1 cm³/mol. The van der Waals surface area contributed by atoms with E-state index in [1.54, 1.807) is 0 Å². The number of aryl methyl sites for hydroxylation is 1. The van der Waals surface area contributed by atoms with Crippen LogP contribution in [0.3, 0.4) is 0 Å². The van der Waals surface area contributed by atoms with Crippen molar-refractivity contribution in [3.8, 4) is 0 Å². The van der Waals surface area contributed by atoms with Gasteiger partial charge in [0.15, 0.2) is 0 Å². The van der Waals surface area contributed by atoms with Gasteiger partial charge in [-0.25, -0.2) is 0 Å². The minimum Gasteiger partial charge on any atom is -0.393 e. The van der Waals surface area contributed by atoms with Gasteiger partial charge in [-0.1, -0.05) is 36.6 Å². The van der Waals surface area contributed by atoms with Crippen LogP contribution in [0.2, 0.25) is 5.02 Å². The van der Waals surface area contributed by atoms with Crippen LogP contribution in [0.5, 0.6) is 0 Å². The van der Waals surface area contributed by atoms with Gasteiger partial charge in [-0.3, -0.25) is 0 Å². The summed E-state index contributed by atoms with van der Waals surface area (Å²) < 4.78 is 0. The zero-order valence-corrected chi connectivity index (χ0v) is 9.58. The normalized spacial score (nSPS) is 17.7. The molecule has 0 aromatic heterocycles. The Morgan fingerprint density at radius 3 is 2.53 bits per heavy atom. The molecule has 1 N–H and O–H groups in total. The Bertz CT molecular complexity index is 303. The Labute approximate surface area is 96.1 Å². The summed E-state index contributed by atoms with van der Waals surface area (Å²) in [7, 11) is 0. The first-order chi connectivity index (χ1) is 7.24. The summed E-state index contributed by atoms with van der Waals surface area (Å²) in [5.74, 6) is 0.810. The zero-order chi connectivity index (χ0) is 10.7. The minimum absolute atomic E-state index is 0.117. The van der Waals surface area contributed by atoms with Crippen LogP contribution in [0.25, 0.3) is 0 Å². The summed E-state index contributed by atoms with van der Waals surface area (Å²) in [6.45, 7) is 0. The average molecular weight is 225 g/mol. The number of benzene rings is 1. The second-order valence-electron chi connectivity index (χ2n) is 4.50. The summed E-state index contributed by atoms with van der Waals surface area (Å²) in [5, 5.41) is 10.5. The Morgan fingerprint density at radius 2 is 1.93 bits per heavy atom. The van der Waals surface area contributed by atoms with Gasteiger partial charge in [-0.2, -0.15) is 0 Å². The molecule has 0 spiro atoms. The lowest BCUT2D eigenvalue weighted by Gasteiger charge is -2.09. The van der Waals surface area contributed by atoms with Gasteiger partial charge in [0.25, 0.3) is 0 Å². The van der Waals surface area contributed by atoms with Crippen molar-refractivity contribution in [2.24, 2.45) is 5.92 Å². The molecule has 2 heteroatoms. The van der Waals surface area contributed by atoms with E-state index < -0.39 is 0 Å². The van der Waals surface area contributed by atoms with Crippen LogP contribution in [0, 0.1) is 5.92 Å². The molecule has 1 aromatic carbocycles. The number of hydrogen-bond donors (Lipinski definition) is 1. The third kappa shape index (κ3) is 3.84. The molecule has 0 aliphatic heterocycles. The topological polar surface area (TPSA) is 20.2 Å². The highest BCUT2D eigenvalue weighted by atomic mass is 35.5. The van der Waals surface area contributed by atoms with E-state index >= 15 is 0 Å². The summed E-state index contributed by atoms with van der Waals surface area (Å²) >= 11 is 5.80. The lowest BCUT2D eigenvalue weighted by molar-refractivity contribution is 0.148. The van der Waals surface area contributed by atoms with Gasteiger partial charge in [0, 0.05) is 5.02 Å². The number of halogens is 1. The molecule has 1 fully saturated rings. The fourth-order valence-electron chi connectivity index (χ4n) is 1.84. The van der Waals surface area contributed by atoms with Crippen molar-refractivity contribution >= 4 is 11.6 Å². The van der Waals surface area contributed by atoms with E-state index in [4.69, 9.17) is 11.6 Å². The molecule has 0 bridgehead atoms. The Kier molecular flexibility index (Phi) is 3.66. The highest BCUT2D eigenvalue weighted by molar-refractivity contribution is 6.30. The van der Waals surface area contributed by atoms with Crippen molar-refractivity contribution in [1.82, 2.24) is 0 Å². The maximum Gasteiger partial charge on any atom is 0.0546 e. The molecule has 82 valence electrons. The van der Waals surface area contributed by atoms with Crippen molar-refractivity contribution in [2.45, 2.75) is 38.2 Å². The van der Waals surface area contributed by atoms with E-state index in [2.05, 4.69) is 0 Å². The van der Waals surface area contributed by atoms with Crippen LogP contribution in [-0.4, -0.2) is 11.2 Å². The smallest absolute Gasteiger partial charge is 0.0546 e. The largest absolute Gasteiger partial charge is 0.393 e. The number of rotatable bonds is 5. The first-order valence-electron chi connectivity index (χ1n) is 5.66. The fraction of sp³-hybridized carbons (Fsp3) is 0.538. The summed E-state index contributed by atoms with van der Waals surface area (Å²) in [6.07, 6.45) is 5.33. The zero-order valence-electron chi connectivity index (χ0n) is 8.82. The highest BCUT2D eigenvalue weighted by Gasteiger charge is 2.24. The Hall–Kier alpha value is -0.530. The number of aliphatic hydroxyl groups excluding tert-OH is 1. The van der Waals surface area contributed by atoms with Crippen LogP contribution < -0.4 is 0 Å². The predicted octanol–water partition coefficient (Wildman–Crippen LogP) is 3.43. The lowest BCUT2D eigenvalue weighted by atomic mass is 10.0. The van der Waals surface area contributed by atoms with E-state index in [0.717, 1.165) is 30.2 Å². The van der Waals surface area contributed by atoms with Crippen molar-refractivity contribution in [1.29, 1.82) is 0 Å². The second kappa shape index (κ2) is 5.00. The molecule has 2 rings (SSSR count). The van der Waals surface area contributed by atoms with Gasteiger partial charge in [-0.15, -0.1) is 0 Å². The van der Waals surface area contributed by atoms with E-state index in [1.807, 2.05) is 24.3 Å². The molecule has 1 aromatic rings. The summed E-state index contributed by atoms with van der Waals surface area (Å²) in [4.78, 5) is 0. The molecule has 0 heterocycles. The molecular weight excluding hydrogens is 208 g/mol. The molecule has 1 saturated carbocycles. The third-order valence-corrected chi connectivity index (χ3v) is 3.23. The molecule has 0 amide bonds. The van der Waals surface area contributed by atoms with Crippen molar-refractivity contribution in [2.75, 3.05) is 0 Å². The molecule has 1 atom stereocenters. The van der Waals surface area contributed by atoms with Crippen LogP contribution in [0.1, 0.15) is 31.2 Å². The van der Waals surface area contributed by atoms with E-state index in [-0.39, 0.29) is 6.10 Å². The number of aliphatic hydroxyl groups is 1. The van der Waals surface area contributed by atoms with Crippen molar-refractivity contribution in [3.63, 3.8) is 0 Å². The minimum atomic E-state index is -0.117. The summed E-state index contributed by atoms with van der Waals surface area (Å²) in [5.41, 5.74) is 1.26. The maximum absolute atomic E-state index is 9.75.